The molecule has 1 aromatic carbocycles. The van der Waals surface area contributed by atoms with E-state index < -0.39 is 18.2 Å². The number of benzene rings is 1. The highest BCUT2D eigenvalue weighted by atomic mass is 32.2. The zero-order valence-corrected chi connectivity index (χ0v) is 16.7. The summed E-state index contributed by atoms with van der Waals surface area (Å²) in [5.41, 5.74) is 2.24. The Kier molecular flexibility index (Phi) is 4.60. The number of urea groups is 1. The zero-order chi connectivity index (χ0) is 19.1. The molecule has 2 aliphatic rings. The SMILES string of the molecule is Cc1ccc(CN2C(Sc3nnc(C)s3)=NC3C2C(=O)NC(=O)N3C)cc1. The number of carbonyl (C=O) groups excluding carboxylic acids is 2. The second-order valence-electron chi connectivity index (χ2n) is 6.48. The number of nitrogens with one attached hydrogen (secondary N) is 1. The fourth-order valence-corrected chi connectivity index (χ4v) is 4.90. The van der Waals surface area contributed by atoms with E-state index in [2.05, 4.69) is 20.5 Å². The number of amidine groups is 1. The van der Waals surface area contributed by atoms with Gasteiger partial charge in [-0.25, -0.2) is 9.79 Å². The Bertz CT molecular complexity index is 926. The second-order valence-corrected chi connectivity index (χ2v) is 8.87. The van der Waals surface area contributed by atoms with Crippen molar-refractivity contribution in [2.75, 3.05) is 7.05 Å². The number of aliphatic imine (C=N–C) groups is 1. The predicted octanol–water partition coefficient (Wildman–Crippen LogP) is 2.00. The maximum Gasteiger partial charge on any atom is 0.325 e. The van der Waals surface area contributed by atoms with E-state index in [1.165, 1.54) is 33.6 Å². The summed E-state index contributed by atoms with van der Waals surface area (Å²) < 4.78 is 0.758. The molecule has 2 aliphatic heterocycles. The van der Waals surface area contributed by atoms with Crippen molar-refractivity contribution in [2.24, 2.45) is 4.99 Å². The number of fused-ring (bicyclic) bond motifs is 1. The van der Waals surface area contributed by atoms with E-state index in [9.17, 15) is 9.59 Å². The number of rotatable bonds is 3. The topological polar surface area (TPSA) is 90.8 Å². The van der Waals surface area contributed by atoms with Gasteiger partial charge in [-0.1, -0.05) is 41.2 Å². The first kappa shape index (κ1) is 17.9. The number of hydrogen-bond donors (Lipinski definition) is 1. The lowest BCUT2D eigenvalue weighted by Crippen LogP contribution is -2.63. The number of hydrogen-bond acceptors (Lipinski definition) is 8. The Balaban J connectivity index is 1.67. The molecule has 1 aromatic heterocycles. The number of imide groups is 1. The molecule has 3 amide bonds. The molecule has 2 unspecified atom stereocenters. The van der Waals surface area contributed by atoms with E-state index in [0.29, 0.717) is 11.7 Å². The van der Waals surface area contributed by atoms with E-state index >= 15 is 0 Å². The Labute approximate surface area is 164 Å². The summed E-state index contributed by atoms with van der Waals surface area (Å²) in [4.78, 5) is 32.7. The Morgan fingerprint density at radius 2 is 1.93 bits per heavy atom. The number of aryl methyl sites for hydroxylation is 2. The predicted molar refractivity (Wildman–Crippen MR) is 104 cm³/mol. The lowest BCUT2D eigenvalue weighted by Gasteiger charge is -2.36. The van der Waals surface area contributed by atoms with E-state index in [4.69, 9.17) is 0 Å². The van der Waals surface area contributed by atoms with Gasteiger partial charge in [-0.15, -0.1) is 10.2 Å². The van der Waals surface area contributed by atoms with Gasteiger partial charge in [0.2, 0.25) is 0 Å². The summed E-state index contributed by atoms with van der Waals surface area (Å²) in [6.45, 7) is 4.44. The van der Waals surface area contributed by atoms with Gasteiger partial charge < -0.3 is 9.80 Å². The van der Waals surface area contributed by atoms with Crippen LogP contribution in [0.1, 0.15) is 16.1 Å². The van der Waals surface area contributed by atoms with Crippen LogP contribution in [0.4, 0.5) is 4.79 Å². The van der Waals surface area contributed by atoms with Crippen molar-refractivity contribution in [3.63, 3.8) is 0 Å². The molecule has 1 N–H and O–H groups in total. The molecule has 8 nitrogen and oxygen atoms in total. The summed E-state index contributed by atoms with van der Waals surface area (Å²) in [5, 5.41) is 12.1. The van der Waals surface area contributed by atoms with Crippen LogP contribution in [-0.4, -0.2) is 56.4 Å². The Morgan fingerprint density at radius 1 is 1.19 bits per heavy atom. The molecule has 27 heavy (non-hydrogen) atoms. The van der Waals surface area contributed by atoms with Crippen molar-refractivity contribution in [2.45, 2.75) is 36.9 Å². The van der Waals surface area contributed by atoms with Crippen LogP contribution in [0.3, 0.4) is 0 Å². The minimum absolute atomic E-state index is 0.331. The molecule has 2 atom stereocenters. The van der Waals surface area contributed by atoms with Crippen LogP contribution in [0.25, 0.3) is 0 Å². The van der Waals surface area contributed by atoms with Crippen molar-refractivity contribution in [1.29, 1.82) is 0 Å². The van der Waals surface area contributed by atoms with Crippen molar-refractivity contribution in [3.8, 4) is 0 Å². The zero-order valence-electron chi connectivity index (χ0n) is 15.0. The van der Waals surface area contributed by atoms with Crippen LogP contribution >= 0.6 is 23.1 Å². The molecule has 10 heteroatoms. The van der Waals surface area contributed by atoms with Crippen molar-refractivity contribution < 1.29 is 9.59 Å². The molecule has 0 spiro atoms. The second kappa shape index (κ2) is 6.93. The van der Waals surface area contributed by atoms with Gasteiger partial charge in [-0.2, -0.15) is 0 Å². The molecule has 0 aliphatic carbocycles. The smallest absolute Gasteiger partial charge is 0.325 e. The summed E-state index contributed by atoms with van der Waals surface area (Å²) >= 11 is 2.85. The van der Waals surface area contributed by atoms with E-state index in [1.807, 2.05) is 43.0 Å². The number of carbonyl (C=O) groups is 2. The molecule has 3 heterocycles. The van der Waals surface area contributed by atoms with Gasteiger partial charge >= 0.3 is 6.03 Å². The maximum atomic E-state index is 12.6. The third kappa shape index (κ3) is 3.42. The molecular weight excluding hydrogens is 384 g/mol. The highest BCUT2D eigenvalue weighted by Gasteiger charge is 2.48. The molecular formula is C17H18N6O2S2. The van der Waals surface area contributed by atoms with Crippen molar-refractivity contribution >= 4 is 40.2 Å². The number of nitrogens with zero attached hydrogens (tertiary/aromatic N) is 5. The van der Waals surface area contributed by atoms with Crippen LogP contribution in [0.5, 0.6) is 0 Å². The summed E-state index contributed by atoms with van der Waals surface area (Å²) in [6.07, 6.45) is -0.548. The molecule has 1 fully saturated rings. The minimum Gasteiger partial charge on any atom is -0.331 e. The number of aromatic nitrogens is 2. The monoisotopic (exact) mass is 402 g/mol. The third-order valence-electron chi connectivity index (χ3n) is 4.48. The molecule has 1 saturated heterocycles. The van der Waals surface area contributed by atoms with Crippen molar-refractivity contribution in [1.82, 2.24) is 25.3 Å². The average Bonchev–Trinajstić information content (AvgIpc) is 3.19. The fraction of sp³-hybridized carbons (Fsp3) is 0.353. The highest BCUT2D eigenvalue weighted by molar-refractivity contribution is 8.15. The van der Waals surface area contributed by atoms with Crippen molar-refractivity contribution in [3.05, 3.63) is 40.4 Å². The fourth-order valence-electron chi connectivity index (χ4n) is 3.04. The largest absolute Gasteiger partial charge is 0.331 e. The average molecular weight is 403 g/mol. The summed E-state index contributed by atoms with van der Waals surface area (Å²) in [6, 6.07) is 7.16. The number of amides is 3. The normalized spacial score (nSPS) is 22.0. The van der Waals surface area contributed by atoms with Crippen LogP contribution in [-0.2, 0) is 11.3 Å². The molecule has 140 valence electrons. The van der Waals surface area contributed by atoms with E-state index in [-0.39, 0.29) is 5.91 Å². The first-order valence-electron chi connectivity index (χ1n) is 8.38. The van der Waals surface area contributed by atoms with Gasteiger partial charge in [0.25, 0.3) is 5.91 Å². The van der Waals surface area contributed by atoms with Crippen LogP contribution in [0.15, 0.2) is 33.6 Å². The highest BCUT2D eigenvalue weighted by Crippen LogP contribution is 2.34. The minimum atomic E-state index is -0.564. The van der Waals surface area contributed by atoms with Gasteiger partial charge in [-0.3, -0.25) is 10.1 Å². The third-order valence-corrected chi connectivity index (χ3v) is 6.39. The van der Waals surface area contributed by atoms with Gasteiger partial charge in [0.1, 0.15) is 5.01 Å². The molecule has 0 radical (unpaired) electrons. The van der Waals surface area contributed by atoms with Gasteiger partial charge in [-0.05, 0) is 31.2 Å². The molecule has 0 bridgehead atoms. The lowest BCUT2D eigenvalue weighted by molar-refractivity contribution is -0.127. The number of likely N-dealkylation sites (N-methyl/N-ethyl adjacent to an activating group) is 1. The van der Waals surface area contributed by atoms with Gasteiger partial charge in [0.05, 0.1) is 0 Å². The number of thioether (sulfide) groups is 1. The quantitative estimate of drug-likeness (QED) is 0.844. The Morgan fingerprint density at radius 3 is 2.59 bits per heavy atom. The van der Waals surface area contributed by atoms with E-state index in [1.54, 1.807) is 7.05 Å². The van der Waals surface area contributed by atoms with E-state index in [0.717, 1.165) is 14.9 Å². The summed E-state index contributed by atoms with van der Waals surface area (Å²) in [7, 11) is 1.65. The lowest BCUT2D eigenvalue weighted by atomic mass is 10.1. The first-order chi connectivity index (χ1) is 12.9. The Hall–Kier alpha value is -2.46. The van der Waals surface area contributed by atoms with Gasteiger partial charge in [0, 0.05) is 13.6 Å². The standard InChI is InChI=1S/C17H18N6O2S2/c1-9-4-6-11(7-5-9)8-23-12-13(22(3)15(25)19-14(12)24)18-16(23)27-17-21-20-10(2)26-17/h4-7,12-13H,8H2,1-3H3,(H,19,24,25). The first-order valence-corrected chi connectivity index (χ1v) is 10.0. The van der Waals surface area contributed by atoms with Gasteiger partial charge in [0.15, 0.2) is 21.7 Å². The van der Waals surface area contributed by atoms with Crippen LogP contribution in [0.2, 0.25) is 0 Å². The summed E-state index contributed by atoms with van der Waals surface area (Å²) in [5.74, 6) is -0.331. The van der Waals surface area contributed by atoms with Crippen LogP contribution < -0.4 is 5.32 Å². The maximum absolute atomic E-state index is 12.6. The molecule has 4 rings (SSSR count). The molecule has 2 aromatic rings. The van der Waals surface area contributed by atoms with Crippen LogP contribution in [0, 0.1) is 13.8 Å². The molecule has 0 saturated carbocycles.